The molecule has 0 saturated carbocycles. The van der Waals surface area contributed by atoms with Gasteiger partial charge in [-0.3, -0.25) is 0 Å². The highest BCUT2D eigenvalue weighted by molar-refractivity contribution is 6.33. The Morgan fingerprint density at radius 2 is 1.96 bits per heavy atom. The van der Waals surface area contributed by atoms with Gasteiger partial charge >= 0.3 is 5.97 Å². The van der Waals surface area contributed by atoms with Crippen molar-refractivity contribution < 1.29 is 18.4 Å². The van der Waals surface area contributed by atoms with Crippen LogP contribution < -0.4 is 5.73 Å². The summed E-state index contributed by atoms with van der Waals surface area (Å²) < 4.78 is 24.3. The lowest BCUT2D eigenvalue weighted by molar-refractivity contribution is 0.0600. The maximum atomic E-state index is 14.3. The van der Waals surface area contributed by atoms with Crippen LogP contribution in [0.2, 0.25) is 5.02 Å². The van der Waals surface area contributed by atoms with E-state index in [1.54, 1.807) is 6.08 Å². The quantitative estimate of drug-likeness (QED) is 0.688. The van der Waals surface area contributed by atoms with E-state index >= 15 is 0 Å². The third-order valence-electron chi connectivity index (χ3n) is 3.67. The number of rotatable bonds is 4. The van der Waals surface area contributed by atoms with Gasteiger partial charge in [-0.15, -0.1) is 0 Å². The van der Waals surface area contributed by atoms with Gasteiger partial charge < -0.3 is 15.0 Å². The second-order valence-corrected chi connectivity index (χ2v) is 5.74. The van der Waals surface area contributed by atoms with Crippen molar-refractivity contribution in [2.45, 2.75) is 0 Å². The van der Waals surface area contributed by atoms with E-state index in [0.717, 1.165) is 5.56 Å². The fourth-order valence-electron chi connectivity index (χ4n) is 2.47. The molecule has 0 aliphatic rings. The molecule has 2 aromatic carbocycles. The summed E-state index contributed by atoms with van der Waals surface area (Å²) in [6, 6.07) is 13.3. The molecule has 0 unspecified atom stereocenters. The Hall–Kier alpha value is -3.12. The van der Waals surface area contributed by atoms with Gasteiger partial charge in [-0.25, -0.2) is 9.18 Å². The van der Waals surface area contributed by atoms with Crippen LogP contribution in [0.15, 0.2) is 53.1 Å². The van der Waals surface area contributed by atoms with Crippen LogP contribution in [0, 0.1) is 5.82 Å². The molecule has 7 heteroatoms. The van der Waals surface area contributed by atoms with Crippen molar-refractivity contribution in [1.29, 1.82) is 0 Å². The van der Waals surface area contributed by atoms with E-state index in [1.165, 1.54) is 25.3 Å². The third-order valence-corrected chi connectivity index (χ3v) is 3.98. The Morgan fingerprint density at radius 1 is 1.23 bits per heavy atom. The molecule has 0 atom stereocenters. The summed E-state index contributed by atoms with van der Waals surface area (Å²) in [5.41, 5.74) is 6.79. The normalized spacial score (nSPS) is 11.4. The molecule has 0 fully saturated rings. The highest BCUT2D eigenvalue weighted by Crippen LogP contribution is 2.35. The number of esters is 1. The minimum atomic E-state index is -0.764. The lowest BCUT2D eigenvalue weighted by Crippen LogP contribution is -2.08. The van der Waals surface area contributed by atoms with Crippen LogP contribution in [0.25, 0.3) is 23.0 Å². The van der Waals surface area contributed by atoms with Crippen LogP contribution in [-0.4, -0.2) is 18.2 Å². The summed E-state index contributed by atoms with van der Waals surface area (Å²) in [6.07, 6.45) is 1.61. The third kappa shape index (κ3) is 3.32. The number of ether oxygens (including phenoxy) is 1. The van der Waals surface area contributed by atoms with Crippen LogP contribution in [-0.2, 0) is 4.74 Å². The number of nitrogens with zero attached hydrogens (tertiary/aromatic N) is 1. The van der Waals surface area contributed by atoms with Crippen molar-refractivity contribution in [3.05, 3.63) is 76.3 Å². The second kappa shape index (κ2) is 7.41. The summed E-state index contributed by atoms with van der Waals surface area (Å²) >= 11 is 6.08. The van der Waals surface area contributed by atoms with E-state index in [0.29, 0.717) is 0 Å². The molecule has 5 nitrogen and oxygen atoms in total. The zero-order chi connectivity index (χ0) is 18.7. The zero-order valence-electron chi connectivity index (χ0n) is 13.7. The van der Waals surface area contributed by atoms with Crippen molar-refractivity contribution in [3.8, 4) is 11.3 Å². The molecule has 0 bridgehead atoms. The van der Waals surface area contributed by atoms with Gasteiger partial charge in [-0.05, 0) is 23.8 Å². The fourth-order valence-corrected chi connectivity index (χ4v) is 2.72. The summed E-state index contributed by atoms with van der Waals surface area (Å²) in [5.74, 6) is -1.43. The predicted octanol–water partition coefficient (Wildman–Crippen LogP) is 4.38. The first-order chi connectivity index (χ1) is 12.5. The average molecular weight is 373 g/mol. The van der Waals surface area contributed by atoms with E-state index in [1.807, 2.05) is 30.3 Å². The van der Waals surface area contributed by atoms with Gasteiger partial charge in [0.15, 0.2) is 5.76 Å². The number of halogens is 2. The first kappa shape index (κ1) is 17.7. The van der Waals surface area contributed by atoms with Crippen LogP contribution >= 0.6 is 11.6 Å². The Bertz CT molecular complexity index is 963. The molecule has 0 saturated heterocycles. The van der Waals surface area contributed by atoms with Crippen molar-refractivity contribution >= 4 is 29.3 Å². The molecular weight excluding hydrogens is 359 g/mol. The first-order valence-corrected chi connectivity index (χ1v) is 7.95. The van der Waals surface area contributed by atoms with Crippen LogP contribution in [0.5, 0.6) is 0 Å². The molecule has 0 aliphatic heterocycles. The number of aromatic nitrogens is 1. The van der Waals surface area contributed by atoms with Crippen LogP contribution in [0.3, 0.4) is 0 Å². The summed E-state index contributed by atoms with van der Waals surface area (Å²) in [4.78, 5) is 12.3. The topological polar surface area (TPSA) is 78.3 Å². The van der Waals surface area contributed by atoms with Crippen molar-refractivity contribution in [2.75, 3.05) is 7.11 Å². The molecule has 26 heavy (non-hydrogen) atoms. The highest BCUT2D eigenvalue weighted by Gasteiger charge is 2.29. The van der Waals surface area contributed by atoms with E-state index < -0.39 is 11.8 Å². The van der Waals surface area contributed by atoms with Gasteiger partial charge in [-0.2, -0.15) is 0 Å². The van der Waals surface area contributed by atoms with Gasteiger partial charge in [0.2, 0.25) is 0 Å². The number of carbonyl (C=O) groups is 1. The second-order valence-electron chi connectivity index (χ2n) is 5.33. The lowest BCUT2D eigenvalue weighted by atomic mass is 10.0. The molecular formula is C19H14ClFN2O3. The fraction of sp³-hybridized carbons (Fsp3) is 0.0526. The molecule has 2 N–H and O–H groups in total. The van der Waals surface area contributed by atoms with Crippen molar-refractivity contribution in [2.24, 2.45) is 5.73 Å². The van der Waals surface area contributed by atoms with E-state index in [-0.39, 0.29) is 33.3 Å². The minimum absolute atomic E-state index is 0.0185. The average Bonchev–Trinajstić information content (AvgIpc) is 3.06. The van der Waals surface area contributed by atoms with Gasteiger partial charge in [-0.1, -0.05) is 53.2 Å². The molecule has 0 spiro atoms. The molecule has 0 amide bonds. The minimum Gasteiger partial charge on any atom is -0.465 e. The number of carbonyl (C=O) groups excluding carboxylic acids is 1. The molecule has 0 radical (unpaired) electrons. The van der Waals surface area contributed by atoms with E-state index in [2.05, 4.69) is 5.16 Å². The van der Waals surface area contributed by atoms with Gasteiger partial charge in [0.1, 0.15) is 17.1 Å². The molecule has 1 aromatic heterocycles. The highest BCUT2D eigenvalue weighted by atomic mass is 35.5. The summed E-state index contributed by atoms with van der Waals surface area (Å²) in [7, 11) is 1.20. The smallest absolute Gasteiger partial charge is 0.344 e. The lowest BCUT2D eigenvalue weighted by Gasteiger charge is -2.05. The van der Waals surface area contributed by atoms with Gasteiger partial charge in [0, 0.05) is 0 Å². The zero-order valence-corrected chi connectivity index (χ0v) is 14.5. The molecule has 1 heterocycles. The monoisotopic (exact) mass is 372 g/mol. The SMILES string of the molecule is COC(=O)c1c(-c2c(F)cccc2Cl)noc1C(N)=Cc1ccccc1. The van der Waals surface area contributed by atoms with Crippen molar-refractivity contribution in [3.63, 3.8) is 0 Å². The molecule has 3 rings (SSSR count). The molecule has 132 valence electrons. The van der Waals surface area contributed by atoms with Crippen LogP contribution in [0.1, 0.15) is 21.7 Å². The summed E-state index contributed by atoms with van der Waals surface area (Å²) in [6.45, 7) is 0. The van der Waals surface area contributed by atoms with Crippen molar-refractivity contribution in [1.82, 2.24) is 5.16 Å². The van der Waals surface area contributed by atoms with Gasteiger partial charge in [0.05, 0.1) is 23.4 Å². The largest absolute Gasteiger partial charge is 0.465 e. The maximum Gasteiger partial charge on any atom is 0.344 e. The molecule has 3 aromatic rings. The van der Waals surface area contributed by atoms with E-state index in [4.69, 9.17) is 26.6 Å². The van der Waals surface area contributed by atoms with Crippen LogP contribution in [0.4, 0.5) is 4.39 Å². The molecule has 0 aliphatic carbocycles. The Labute approximate surface area is 153 Å². The standard InChI is InChI=1S/C19H14ClFN2O3/c1-25-19(24)16-17(15-12(20)8-5-9-13(15)21)23-26-18(16)14(22)10-11-6-3-2-4-7-11/h2-10H,22H2,1H3. The maximum absolute atomic E-state index is 14.3. The number of methoxy groups -OCH3 is 1. The number of hydrogen-bond donors (Lipinski definition) is 1. The Kier molecular flexibility index (Phi) is 5.04. The Morgan fingerprint density at radius 3 is 2.62 bits per heavy atom. The number of benzene rings is 2. The number of hydrogen-bond acceptors (Lipinski definition) is 5. The number of nitrogens with two attached hydrogens (primary N) is 1. The Balaban J connectivity index is 2.18. The first-order valence-electron chi connectivity index (χ1n) is 7.58. The van der Waals surface area contributed by atoms with Gasteiger partial charge in [0.25, 0.3) is 0 Å². The predicted molar refractivity (Wildman–Crippen MR) is 96.7 cm³/mol. The summed E-state index contributed by atoms with van der Waals surface area (Å²) in [5, 5.41) is 3.90. The van der Waals surface area contributed by atoms with E-state index in [9.17, 15) is 9.18 Å².